The third-order valence-electron chi connectivity index (χ3n) is 4.80. The zero-order valence-corrected chi connectivity index (χ0v) is 15.1. The summed E-state index contributed by atoms with van der Waals surface area (Å²) in [5.74, 6) is 0.480. The number of nitrogens with one attached hydrogen (secondary N) is 1. The Labute approximate surface area is 155 Å². The van der Waals surface area contributed by atoms with Crippen LogP contribution >= 0.6 is 35.3 Å². The summed E-state index contributed by atoms with van der Waals surface area (Å²) in [6.07, 6.45) is 0. The molecule has 2 aliphatic rings. The second-order valence-electron chi connectivity index (χ2n) is 6.14. The molecule has 2 aromatic rings. The van der Waals surface area contributed by atoms with Crippen molar-refractivity contribution in [1.82, 2.24) is 10.2 Å². The average Bonchev–Trinajstić information content (AvgIpc) is 3.21. The molecule has 1 aromatic heterocycles. The van der Waals surface area contributed by atoms with Crippen LogP contribution in [0.5, 0.6) is 0 Å². The Balaban J connectivity index is 0.00000169. The highest BCUT2D eigenvalue weighted by Crippen LogP contribution is 2.43. The second-order valence-corrected chi connectivity index (χ2v) is 7.86. The molecule has 3 atom stereocenters. The van der Waals surface area contributed by atoms with E-state index >= 15 is 0 Å². The molecule has 0 saturated carbocycles. The zero-order valence-electron chi connectivity index (χ0n) is 12.7. The Hall–Kier alpha value is -1.14. The predicted molar refractivity (Wildman–Crippen MR) is 96.6 cm³/mol. The molecule has 1 amide bonds. The Bertz CT molecular complexity index is 754. The minimum Gasteiger partial charge on any atom is -0.330 e. The second kappa shape index (κ2) is 7.00. The molecule has 24 heavy (non-hydrogen) atoms. The largest absolute Gasteiger partial charge is 0.330 e. The highest BCUT2D eigenvalue weighted by molar-refractivity contribution is 7.17. The van der Waals surface area contributed by atoms with Gasteiger partial charge in [0.2, 0.25) is 0 Å². The van der Waals surface area contributed by atoms with Crippen molar-refractivity contribution in [3.63, 3.8) is 0 Å². The van der Waals surface area contributed by atoms with Gasteiger partial charge in [0, 0.05) is 25.6 Å². The smallest absolute Gasteiger partial charge is 0.264 e. The van der Waals surface area contributed by atoms with E-state index in [1.165, 1.54) is 17.4 Å². The van der Waals surface area contributed by atoms with Crippen molar-refractivity contribution in [3.05, 3.63) is 57.0 Å². The number of likely N-dealkylation sites (tertiary alicyclic amines) is 1. The molecule has 0 aliphatic carbocycles. The van der Waals surface area contributed by atoms with Crippen molar-refractivity contribution < 1.29 is 9.18 Å². The summed E-state index contributed by atoms with van der Waals surface area (Å²) < 4.78 is 14.3. The molecule has 1 N–H and O–H groups in total. The van der Waals surface area contributed by atoms with Crippen molar-refractivity contribution in [1.29, 1.82) is 0 Å². The van der Waals surface area contributed by atoms with Crippen molar-refractivity contribution in [2.45, 2.75) is 6.04 Å². The summed E-state index contributed by atoms with van der Waals surface area (Å²) in [7, 11) is 0. The van der Waals surface area contributed by atoms with Gasteiger partial charge in [0.05, 0.1) is 15.3 Å². The molecule has 1 aromatic carbocycles. The molecule has 3 nitrogen and oxygen atoms in total. The van der Waals surface area contributed by atoms with Gasteiger partial charge >= 0.3 is 0 Å². The molecule has 0 radical (unpaired) electrons. The molecule has 2 fully saturated rings. The van der Waals surface area contributed by atoms with E-state index in [0.717, 1.165) is 18.7 Å². The standard InChI is InChI=1S/C17H16ClFN2OS.ClH/c18-15-5-4-14(23-15)17(22)21-9-11-7-20-8-13(11)16(21)10-2-1-3-12(19)6-10;/h1-6,11,13,16,20H,7-9H2;1H/t11-,13-,16-;/m0./s1. The molecule has 0 bridgehead atoms. The maximum atomic E-state index is 13.7. The normalized spacial score (nSPS) is 25.4. The fourth-order valence-corrected chi connectivity index (χ4v) is 4.82. The lowest BCUT2D eigenvalue weighted by molar-refractivity contribution is 0.0718. The van der Waals surface area contributed by atoms with Crippen LogP contribution in [0.25, 0.3) is 0 Å². The third-order valence-corrected chi connectivity index (χ3v) is 6.02. The number of rotatable bonds is 2. The lowest BCUT2D eigenvalue weighted by atomic mass is 9.89. The lowest BCUT2D eigenvalue weighted by Gasteiger charge is -2.28. The van der Waals surface area contributed by atoms with Gasteiger partial charge in [-0.25, -0.2) is 4.39 Å². The van der Waals surface area contributed by atoms with Gasteiger partial charge in [-0.3, -0.25) is 4.79 Å². The lowest BCUT2D eigenvalue weighted by Crippen LogP contribution is -2.34. The van der Waals surface area contributed by atoms with Crippen molar-refractivity contribution in [2.75, 3.05) is 19.6 Å². The Morgan fingerprint density at radius 2 is 2.12 bits per heavy atom. The number of halogens is 3. The fraction of sp³-hybridized carbons (Fsp3) is 0.353. The first-order chi connectivity index (χ1) is 11.1. The number of thiophene rings is 1. The number of nitrogens with zero attached hydrogens (tertiary/aromatic N) is 1. The number of benzene rings is 1. The number of fused-ring (bicyclic) bond motifs is 1. The van der Waals surface area contributed by atoms with Crippen molar-refractivity contribution in [2.24, 2.45) is 11.8 Å². The third kappa shape index (κ3) is 3.06. The first kappa shape index (κ1) is 17.7. The quantitative estimate of drug-likeness (QED) is 0.845. The van der Waals surface area contributed by atoms with Gasteiger partial charge in [0.15, 0.2) is 0 Å². The van der Waals surface area contributed by atoms with Crippen LogP contribution in [-0.2, 0) is 0 Å². The van der Waals surface area contributed by atoms with Crippen molar-refractivity contribution >= 4 is 41.3 Å². The van der Waals surface area contributed by atoms with Crippen LogP contribution in [0.2, 0.25) is 4.34 Å². The zero-order chi connectivity index (χ0) is 16.0. The van der Waals surface area contributed by atoms with Gasteiger partial charge in [-0.1, -0.05) is 23.7 Å². The SMILES string of the molecule is Cl.O=C(c1ccc(Cl)s1)N1C[C@@H]2CNC[C@@H]2[C@@H]1c1cccc(F)c1. The van der Waals surface area contributed by atoms with Crippen LogP contribution in [0.1, 0.15) is 21.3 Å². The van der Waals surface area contributed by atoms with E-state index in [-0.39, 0.29) is 30.2 Å². The minimum absolute atomic E-state index is 0. The van der Waals surface area contributed by atoms with Gasteiger partial charge in [0.25, 0.3) is 5.91 Å². The molecule has 128 valence electrons. The highest BCUT2D eigenvalue weighted by atomic mass is 35.5. The summed E-state index contributed by atoms with van der Waals surface area (Å²) in [6, 6.07) is 10.0. The Morgan fingerprint density at radius 1 is 1.29 bits per heavy atom. The van der Waals surface area contributed by atoms with Crippen molar-refractivity contribution in [3.8, 4) is 0 Å². The number of hydrogen-bond acceptors (Lipinski definition) is 3. The molecule has 2 saturated heterocycles. The molecule has 2 aliphatic heterocycles. The first-order valence-corrected chi connectivity index (χ1v) is 8.85. The molecule has 3 heterocycles. The summed E-state index contributed by atoms with van der Waals surface area (Å²) in [5.41, 5.74) is 0.872. The van der Waals surface area contributed by atoms with Crippen LogP contribution in [0.15, 0.2) is 36.4 Å². The maximum absolute atomic E-state index is 13.7. The van der Waals surface area contributed by atoms with Crippen LogP contribution in [0, 0.1) is 17.7 Å². The van der Waals surface area contributed by atoms with Crippen LogP contribution in [-0.4, -0.2) is 30.4 Å². The number of hydrogen-bond donors (Lipinski definition) is 1. The van der Waals surface area contributed by atoms with Gasteiger partial charge in [-0.05, 0) is 35.7 Å². The molecular weight excluding hydrogens is 370 g/mol. The number of carbonyl (C=O) groups is 1. The van der Waals surface area contributed by atoms with Gasteiger partial charge in [-0.15, -0.1) is 23.7 Å². The van der Waals surface area contributed by atoms with E-state index < -0.39 is 0 Å². The topological polar surface area (TPSA) is 32.3 Å². The maximum Gasteiger partial charge on any atom is 0.264 e. The Morgan fingerprint density at radius 3 is 2.83 bits per heavy atom. The molecule has 0 spiro atoms. The summed E-state index contributed by atoms with van der Waals surface area (Å²) >= 11 is 7.26. The average molecular weight is 387 g/mol. The van der Waals surface area contributed by atoms with Crippen LogP contribution < -0.4 is 5.32 Å². The van der Waals surface area contributed by atoms with Crippen LogP contribution in [0.3, 0.4) is 0 Å². The highest BCUT2D eigenvalue weighted by Gasteiger charge is 2.47. The minimum atomic E-state index is -0.261. The monoisotopic (exact) mass is 386 g/mol. The van der Waals surface area contributed by atoms with E-state index in [9.17, 15) is 9.18 Å². The van der Waals surface area contributed by atoms with Gasteiger partial charge < -0.3 is 10.2 Å². The fourth-order valence-electron chi connectivity index (χ4n) is 3.82. The van der Waals surface area contributed by atoms with Crippen LogP contribution in [0.4, 0.5) is 4.39 Å². The van der Waals surface area contributed by atoms with E-state index in [1.54, 1.807) is 24.3 Å². The van der Waals surface area contributed by atoms with Gasteiger partial charge in [-0.2, -0.15) is 0 Å². The van der Waals surface area contributed by atoms with E-state index in [1.807, 2.05) is 11.0 Å². The number of carbonyl (C=O) groups excluding carboxylic acids is 1. The molecular formula is C17H17Cl2FN2OS. The summed E-state index contributed by atoms with van der Waals surface area (Å²) in [6.45, 7) is 2.47. The van der Waals surface area contributed by atoms with E-state index in [0.29, 0.717) is 27.6 Å². The summed E-state index contributed by atoms with van der Waals surface area (Å²) in [4.78, 5) is 15.5. The molecule has 4 rings (SSSR count). The predicted octanol–water partition coefficient (Wildman–Crippen LogP) is 4.00. The van der Waals surface area contributed by atoms with Gasteiger partial charge in [0.1, 0.15) is 5.82 Å². The Kier molecular flexibility index (Phi) is 5.16. The molecule has 0 unspecified atom stereocenters. The van der Waals surface area contributed by atoms with E-state index in [2.05, 4.69) is 5.32 Å². The first-order valence-electron chi connectivity index (χ1n) is 7.66. The van der Waals surface area contributed by atoms with E-state index in [4.69, 9.17) is 11.6 Å². The molecule has 7 heteroatoms. The number of amides is 1. The summed E-state index contributed by atoms with van der Waals surface area (Å²) in [5, 5.41) is 3.39.